The Morgan fingerprint density at radius 1 is 1.62 bits per heavy atom. The number of allylic oxidation sites excluding steroid dienone is 1. The maximum absolute atomic E-state index is 10.9. The van der Waals surface area contributed by atoms with Gasteiger partial charge in [-0.2, -0.15) is 8.42 Å². The Hall–Kier alpha value is -0.850. The molecule has 0 saturated carbocycles. The van der Waals surface area contributed by atoms with E-state index in [0.717, 1.165) is 6.08 Å². The minimum Gasteiger partial charge on any atom is -0.508 e. The minimum atomic E-state index is -4.33. The average molecular weight is 206 g/mol. The highest BCUT2D eigenvalue weighted by Gasteiger charge is 2.41. The lowest BCUT2D eigenvalue weighted by molar-refractivity contribution is 0.0928. The maximum atomic E-state index is 10.9. The van der Waals surface area contributed by atoms with Crippen LogP contribution in [0, 0.1) is 0 Å². The van der Waals surface area contributed by atoms with Gasteiger partial charge in [0.15, 0.2) is 0 Å². The van der Waals surface area contributed by atoms with Crippen LogP contribution in [0.2, 0.25) is 0 Å². The van der Waals surface area contributed by atoms with Gasteiger partial charge in [0.25, 0.3) is 10.1 Å². The van der Waals surface area contributed by atoms with Crippen molar-refractivity contribution in [2.45, 2.75) is 11.4 Å². The van der Waals surface area contributed by atoms with Gasteiger partial charge in [-0.25, -0.2) is 0 Å². The van der Waals surface area contributed by atoms with E-state index in [4.69, 9.17) is 14.4 Å². The van der Waals surface area contributed by atoms with Crippen molar-refractivity contribution >= 4 is 10.1 Å². The highest BCUT2D eigenvalue weighted by atomic mass is 32.2. The molecule has 0 saturated heterocycles. The van der Waals surface area contributed by atoms with E-state index >= 15 is 0 Å². The lowest BCUT2D eigenvalue weighted by Gasteiger charge is -2.26. The van der Waals surface area contributed by atoms with Crippen molar-refractivity contribution in [2.24, 2.45) is 0 Å². The van der Waals surface area contributed by atoms with Crippen LogP contribution in [0.3, 0.4) is 0 Å². The summed E-state index contributed by atoms with van der Waals surface area (Å²) in [5, 5.41) is 8.94. The second-order valence-electron chi connectivity index (χ2n) is 2.66. The fraction of sp³-hybridized carbons (Fsp3) is 0.429. The molecule has 1 aliphatic rings. The number of aliphatic hydroxyl groups excluding tert-OH is 1. The molecule has 0 heterocycles. The molecule has 1 rings (SSSR count). The van der Waals surface area contributed by atoms with Crippen molar-refractivity contribution in [3.63, 3.8) is 0 Å². The molecule has 5 nitrogen and oxygen atoms in total. The highest BCUT2D eigenvalue weighted by molar-refractivity contribution is 7.87. The molecule has 0 aliphatic heterocycles. The van der Waals surface area contributed by atoms with Crippen molar-refractivity contribution in [3.8, 4) is 0 Å². The molecule has 0 fully saturated rings. The Balaban J connectivity index is 3.08. The lowest BCUT2D eigenvalue weighted by Crippen LogP contribution is -2.38. The standard InChI is InChI=1S/C7H10O5S/c1-12-7(13(9,10)11)4-2-6(8)3-5-7/h2-4,8H,5H2,1H3,(H,9,10,11). The topological polar surface area (TPSA) is 83.8 Å². The van der Waals surface area contributed by atoms with E-state index in [0.29, 0.717) is 0 Å². The van der Waals surface area contributed by atoms with E-state index < -0.39 is 15.1 Å². The zero-order valence-corrected chi connectivity index (χ0v) is 7.78. The van der Waals surface area contributed by atoms with Gasteiger partial charge in [-0.15, -0.1) is 0 Å². The van der Waals surface area contributed by atoms with Gasteiger partial charge in [0.1, 0.15) is 5.76 Å². The molecule has 6 heteroatoms. The first-order valence-electron chi connectivity index (χ1n) is 3.52. The van der Waals surface area contributed by atoms with E-state index in [1.165, 1.54) is 19.3 Å². The van der Waals surface area contributed by atoms with E-state index in [2.05, 4.69) is 0 Å². The van der Waals surface area contributed by atoms with Crippen LogP contribution < -0.4 is 0 Å². The van der Waals surface area contributed by atoms with Crippen LogP contribution in [-0.4, -0.2) is 30.1 Å². The Labute approximate surface area is 76.1 Å². The molecule has 13 heavy (non-hydrogen) atoms. The second kappa shape index (κ2) is 3.13. The van der Waals surface area contributed by atoms with Gasteiger partial charge in [0, 0.05) is 13.5 Å². The van der Waals surface area contributed by atoms with Crippen molar-refractivity contribution in [1.29, 1.82) is 0 Å². The molecule has 1 unspecified atom stereocenters. The fourth-order valence-electron chi connectivity index (χ4n) is 1.04. The normalized spacial score (nSPS) is 28.6. The van der Waals surface area contributed by atoms with Gasteiger partial charge >= 0.3 is 0 Å². The summed E-state index contributed by atoms with van der Waals surface area (Å²) in [5.41, 5.74) is 0. The molecular formula is C7H10O5S. The molecule has 0 aromatic rings. The third kappa shape index (κ3) is 1.74. The van der Waals surface area contributed by atoms with Gasteiger partial charge in [0.2, 0.25) is 4.93 Å². The molecule has 74 valence electrons. The zero-order valence-electron chi connectivity index (χ0n) is 6.97. The van der Waals surface area contributed by atoms with Gasteiger partial charge in [-0.05, 0) is 18.2 Å². The summed E-state index contributed by atoms with van der Waals surface area (Å²) in [4.78, 5) is -1.75. The van der Waals surface area contributed by atoms with E-state index in [1.807, 2.05) is 0 Å². The van der Waals surface area contributed by atoms with Crippen LogP contribution in [-0.2, 0) is 14.9 Å². The van der Waals surface area contributed by atoms with Crippen molar-refractivity contribution < 1.29 is 22.8 Å². The largest absolute Gasteiger partial charge is 0.508 e. The summed E-state index contributed by atoms with van der Waals surface area (Å²) in [6.07, 6.45) is 3.43. The maximum Gasteiger partial charge on any atom is 0.299 e. The number of hydrogen-bond acceptors (Lipinski definition) is 4. The van der Waals surface area contributed by atoms with Gasteiger partial charge in [0.05, 0.1) is 0 Å². The predicted molar refractivity (Wildman–Crippen MR) is 45.8 cm³/mol. The SMILES string of the molecule is COC1(S(=O)(=O)O)C=CC(O)=CC1. The summed E-state index contributed by atoms with van der Waals surface area (Å²) in [7, 11) is -3.15. The van der Waals surface area contributed by atoms with Crippen LogP contribution in [0.25, 0.3) is 0 Å². The Morgan fingerprint density at radius 3 is 2.54 bits per heavy atom. The van der Waals surface area contributed by atoms with Crippen LogP contribution in [0.5, 0.6) is 0 Å². The summed E-state index contributed by atoms with van der Waals surface area (Å²) in [6, 6.07) is 0. The summed E-state index contributed by atoms with van der Waals surface area (Å²) < 4.78 is 35.4. The zero-order chi connectivity index (χ0) is 10.1. The number of ether oxygens (including phenoxy) is 1. The van der Waals surface area contributed by atoms with Crippen molar-refractivity contribution in [1.82, 2.24) is 0 Å². The fourth-order valence-corrected chi connectivity index (χ4v) is 1.79. The molecular weight excluding hydrogens is 196 g/mol. The molecule has 0 spiro atoms. The molecule has 2 N–H and O–H groups in total. The van der Waals surface area contributed by atoms with Gasteiger partial charge in [-0.3, -0.25) is 4.55 Å². The van der Waals surface area contributed by atoms with Crippen molar-refractivity contribution in [3.05, 3.63) is 24.0 Å². The molecule has 0 amide bonds. The van der Waals surface area contributed by atoms with E-state index in [-0.39, 0.29) is 12.2 Å². The van der Waals surface area contributed by atoms with Crippen LogP contribution in [0.15, 0.2) is 24.0 Å². The summed E-state index contributed by atoms with van der Waals surface area (Å²) in [5.74, 6) is -0.0451. The number of methoxy groups -OCH3 is 1. The van der Waals surface area contributed by atoms with Gasteiger partial charge < -0.3 is 9.84 Å². The Morgan fingerprint density at radius 2 is 2.23 bits per heavy atom. The van der Waals surface area contributed by atoms with E-state index in [9.17, 15) is 8.42 Å². The highest BCUT2D eigenvalue weighted by Crippen LogP contribution is 2.28. The van der Waals surface area contributed by atoms with Crippen LogP contribution >= 0.6 is 0 Å². The average Bonchev–Trinajstić information content (AvgIpc) is 2.04. The quantitative estimate of drug-likeness (QED) is 0.647. The first-order chi connectivity index (χ1) is 5.91. The number of aliphatic hydroxyl groups is 1. The Bertz CT molecular complexity index is 353. The first-order valence-corrected chi connectivity index (χ1v) is 4.96. The van der Waals surface area contributed by atoms with Crippen molar-refractivity contribution in [2.75, 3.05) is 7.11 Å². The second-order valence-corrected chi connectivity index (χ2v) is 4.30. The van der Waals surface area contributed by atoms with Crippen LogP contribution in [0.1, 0.15) is 6.42 Å². The summed E-state index contributed by atoms with van der Waals surface area (Å²) >= 11 is 0. The molecule has 0 radical (unpaired) electrons. The molecule has 0 aromatic heterocycles. The molecule has 1 atom stereocenters. The lowest BCUT2D eigenvalue weighted by atomic mass is 10.1. The number of rotatable bonds is 2. The third-order valence-electron chi connectivity index (χ3n) is 1.89. The summed E-state index contributed by atoms with van der Waals surface area (Å²) in [6.45, 7) is 0. The molecule has 0 aromatic carbocycles. The smallest absolute Gasteiger partial charge is 0.299 e. The number of hydrogen-bond donors (Lipinski definition) is 2. The predicted octanol–water partition coefficient (Wildman–Crippen LogP) is 0.619. The Kier molecular flexibility index (Phi) is 2.47. The molecule has 1 aliphatic carbocycles. The first kappa shape index (κ1) is 10.2. The minimum absolute atomic E-state index is 0.0451. The monoisotopic (exact) mass is 206 g/mol. The third-order valence-corrected chi connectivity index (χ3v) is 3.23. The van der Waals surface area contributed by atoms with Crippen LogP contribution in [0.4, 0.5) is 0 Å². The van der Waals surface area contributed by atoms with Gasteiger partial charge in [-0.1, -0.05) is 0 Å². The molecule has 0 bridgehead atoms. The van der Waals surface area contributed by atoms with E-state index in [1.54, 1.807) is 0 Å².